The summed E-state index contributed by atoms with van der Waals surface area (Å²) in [5.74, 6) is 0. The maximum absolute atomic E-state index is 13.2. The molecule has 0 bridgehead atoms. The van der Waals surface area contributed by atoms with Gasteiger partial charge in [0.15, 0.2) is 0 Å². The maximum atomic E-state index is 13.2. The van der Waals surface area contributed by atoms with E-state index in [-0.39, 0.29) is 21.0 Å². The van der Waals surface area contributed by atoms with Crippen LogP contribution in [-0.2, 0) is 10.0 Å². The van der Waals surface area contributed by atoms with Crippen LogP contribution in [0.4, 0.5) is 0 Å². The zero-order chi connectivity index (χ0) is 21.1. The topological polar surface area (TPSA) is 40.6 Å². The van der Waals surface area contributed by atoms with Gasteiger partial charge in [0, 0.05) is 26.2 Å². The normalized spacial score (nSPS) is 16.1. The van der Waals surface area contributed by atoms with E-state index >= 15 is 0 Å². The molecule has 0 atom stereocenters. The smallest absolute Gasteiger partial charge is 0.246 e. The molecule has 3 aromatic carbocycles. The molecular formula is C23H22Cl2N2O2S. The highest BCUT2D eigenvalue weighted by molar-refractivity contribution is 7.89. The fourth-order valence-corrected chi connectivity index (χ4v) is 6.46. The minimum Gasteiger partial charge on any atom is -0.290 e. The molecule has 0 amide bonds. The first-order valence-electron chi connectivity index (χ1n) is 9.76. The molecule has 0 aliphatic carbocycles. The fraction of sp³-hybridized carbons (Fsp3) is 0.217. The first kappa shape index (κ1) is 21.3. The molecule has 0 unspecified atom stereocenters. The molecule has 0 spiro atoms. The van der Waals surface area contributed by atoms with Crippen molar-refractivity contribution in [2.24, 2.45) is 0 Å². The zero-order valence-electron chi connectivity index (χ0n) is 16.3. The molecule has 0 radical (unpaired) electrons. The fourth-order valence-electron chi connectivity index (χ4n) is 3.94. The summed E-state index contributed by atoms with van der Waals surface area (Å²) >= 11 is 12.3. The molecule has 1 aliphatic heterocycles. The van der Waals surface area contributed by atoms with Crippen molar-refractivity contribution in [1.29, 1.82) is 0 Å². The van der Waals surface area contributed by atoms with Crippen LogP contribution >= 0.6 is 23.2 Å². The van der Waals surface area contributed by atoms with Gasteiger partial charge in [-0.1, -0.05) is 89.9 Å². The van der Waals surface area contributed by atoms with Gasteiger partial charge in [-0.05, 0) is 23.3 Å². The monoisotopic (exact) mass is 460 g/mol. The van der Waals surface area contributed by atoms with E-state index < -0.39 is 10.0 Å². The quantitative estimate of drug-likeness (QED) is 0.532. The molecule has 4 nitrogen and oxygen atoms in total. The molecule has 0 aromatic heterocycles. The Hall–Kier alpha value is -1.89. The Balaban J connectivity index is 1.58. The summed E-state index contributed by atoms with van der Waals surface area (Å²) in [5, 5.41) is 0.299. The van der Waals surface area contributed by atoms with E-state index in [0.717, 1.165) is 0 Å². The predicted octanol–water partition coefficient (Wildman–Crippen LogP) is 5.09. The largest absolute Gasteiger partial charge is 0.290 e. The van der Waals surface area contributed by atoms with Gasteiger partial charge in [-0.25, -0.2) is 8.42 Å². The second-order valence-electron chi connectivity index (χ2n) is 7.21. The van der Waals surface area contributed by atoms with Crippen molar-refractivity contribution in [2.75, 3.05) is 26.2 Å². The van der Waals surface area contributed by atoms with Gasteiger partial charge >= 0.3 is 0 Å². The number of rotatable bonds is 5. The summed E-state index contributed by atoms with van der Waals surface area (Å²) < 4.78 is 27.8. The van der Waals surface area contributed by atoms with E-state index in [2.05, 4.69) is 29.2 Å². The van der Waals surface area contributed by atoms with Gasteiger partial charge in [-0.3, -0.25) is 4.90 Å². The van der Waals surface area contributed by atoms with Crippen molar-refractivity contribution >= 4 is 33.2 Å². The van der Waals surface area contributed by atoms with Gasteiger partial charge in [-0.2, -0.15) is 4.31 Å². The van der Waals surface area contributed by atoms with Gasteiger partial charge in [0.2, 0.25) is 10.0 Å². The average Bonchev–Trinajstić information content (AvgIpc) is 2.76. The molecule has 156 valence electrons. The second kappa shape index (κ2) is 9.08. The van der Waals surface area contributed by atoms with Crippen LogP contribution in [0, 0.1) is 0 Å². The van der Waals surface area contributed by atoms with E-state index in [0.29, 0.717) is 26.2 Å². The minimum atomic E-state index is -3.76. The van der Waals surface area contributed by atoms with Crippen LogP contribution in [0.1, 0.15) is 17.2 Å². The SMILES string of the molecule is O=S(=O)(c1c(Cl)cccc1Cl)N1CCN(C(c2ccccc2)c2ccccc2)CC1. The van der Waals surface area contributed by atoms with Crippen LogP contribution in [0.2, 0.25) is 10.0 Å². The standard InChI is InChI=1S/C23H22Cl2N2O2S/c24-20-12-7-13-21(25)23(20)30(28,29)27-16-14-26(15-17-27)22(18-8-3-1-4-9-18)19-10-5-2-6-11-19/h1-13,22H,14-17H2. The van der Waals surface area contributed by atoms with E-state index in [4.69, 9.17) is 23.2 Å². The van der Waals surface area contributed by atoms with Gasteiger partial charge in [0.25, 0.3) is 0 Å². The Morgan fingerprint density at radius 3 is 1.60 bits per heavy atom. The summed E-state index contributed by atoms with van der Waals surface area (Å²) in [4.78, 5) is 2.31. The molecular weight excluding hydrogens is 439 g/mol. The highest BCUT2D eigenvalue weighted by Gasteiger charge is 2.34. The summed E-state index contributed by atoms with van der Waals surface area (Å²) in [6, 6.07) is 25.4. The zero-order valence-corrected chi connectivity index (χ0v) is 18.6. The van der Waals surface area contributed by atoms with Crippen LogP contribution in [0.5, 0.6) is 0 Å². The summed E-state index contributed by atoms with van der Waals surface area (Å²) in [7, 11) is -3.76. The van der Waals surface area contributed by atoms with Crippen LogP contribution in [0.25, 0.3) is 0 Å². The second-order valence-corrected chi connectivity index (χ2v) is 9.90. The first-order valence-corrected chi connectivity index (χ1v) is 12.0. The van der Waals surface area contributed by atoms with E-state index in [1.807, 2.05) is 36.4 Å². The molecule has 0 saturated carbocycles. The lowest BCUT2D eigenvalue weighted by atomic mass is 9.96. The average molecular weight is 461 g/mol. The minimum absolute atomic E-state index is 0.00977. The third-order valence-electron chi connectivity index (χ3n) is 5.39. The third kappa shape index (κ3) is 4.27. The number of halogens is 2. The Kier molecular flexibility index (Phi) is 6.46. The molecule has 1 heterocycles. The van der Waals surface area contributed by atoms with Gasteiger partial charge in [0.1, 0.15) is 4.90 Å². The molecule has 4 rings (SSSR count). The highest BCUT2D eigenvalue weighted by atomic mass is 35.5. The molecule has 3 aromatic rings. The summed E-state index contributed by atoms with van der Waals surface area (Å²) in [5.41, 5.74) is 2.38. The lowest BCUT2D eigenvalue weighted by molar-refractivity contribution is 0.156. The molecule has 30 heavy (non-hydrogen) atoms. The highest BCUT2D eigenvalue weighted by Crippen LogP contribution is 2.34. The first-order chi connectivity index (χ1) is 14.5. The number of nitrogens with zero attached hydrogens (tertiary/aromatic N) is 2. The van der Waals surface area contributed by atoms with Crippen molar-refractivity contribution in [2.45, 2.75) is 10.9 Å². The van der Waals surface area contributed by atoms with Crippen LogP contribution in [0.3, 0.4) is 0 Å². The third-order valence-corrected chi connectivity index (χ3v) is 8.24. The van der Waals surface area contributed by atoms with Crippen molar-refractivity contribution in [3.8, 4) is 0 Å². The van der Waals surface area contributed by atoms with Gasteiger partial charge < -0.3 is 0 Å². The van der Waals surface area contributed by atoms with Gasteiger partial charge in [0.05, 0.1) is 16.1 Å². The Morgan fingerprint density at radius 1 is 0.667 bits per heavy atom. The maximum Gasteiger partial charge on any atom is 0.246 e. The number of hydrogen-bond acceptors (Lipinski definition) is 3. The Morgan fingerprint density at radius 2 is 1.13 bits per heavy atom. The summed E-state index contributed by atoms with van der Waals surface area (Å²) in [6.45, 7) is 1.96. The predicted molar refractivity (Wildman–Crippen MR) is 122 cm³/mol. The van der Waals surface area contributed by atoms with Crippen LogP contribution in [0.15, 0.2) is 83.8 Å². The number of benzene rings is 3. The van der Waals surface area contributed by atoms with Crippen molar-refractivity contribution in [1.82, 2.24) is 9.21 Å². The Labute approximate surface area is 187 Å². The van der Waals surface area contributed by atoms with Gasteiger partial charge in [-0.15, -0.1) is 0 Å². The molecule has 1 aliphatic rings. The molecule has 1 fully saturated rings. The van der Waals surface area contributed by atoms with Crippen molar-refractivity contribution < 1.29 is 8.42 Å². The molecule has 7 heteroatoms. The lowest BCUT2D eigenvalue weighted by Crippen LogP contribution is -2.49. The van der Waals surface area contributed by atoms with Crippen LogP contribution in [-0.4, -0.2) is 43.8 Å². The number of piperazine rings is 1. The van der Waals surface area contributed by atoms with Crippen molar-refractivity contribution in [3.63, 3.8) is 0 Å². The van der Waals surface area contributed by atoms with Crippen LogP contribution < -0.4 is 0 Å². The Bertz CT molecular complexity index is 1040. The summed E-state index contributed by atoms with van der Waals surface area (Å²) in [6.07, 6.45) is 0. The molecule has 0 N–H and O–H groups in total. The number of sulfonamides is 1. The van der Waals surface area contributed by atoms with E-state index in [1.165, 1.54) is 15.4 Å². The van der Waals surface area contributed by atoms with E-state index in [9.17, 15) is 8.42 Å². The van der Waals surface area contributed by atoms with Crippen molar-refractivity contribution in [3.05, 3.63) is 100 Å². The van der Waals surface area contributed by atoms with E-state index in [1.54, 1.807) is 18.2 Å². The molecule has 1 saturated heterocycles. The number of hydrogen-bond donors (Lipinski definition) is 0. The lowest BCUT2D eigenvalue weighted by Gasteiger charge is -2.39.